The first-order chi connectivity index (χ1) is 8.73. The van der Waals surface area contributed by atoms with Crippen molar-refractivity contribution in [2.45, 2.75) is 20.8 Å². The molecule has 4 heteroatoms. The number of para-hydroxylation sites is 1. The smallest absolute Gasteiger partial charge is 0.337 e. The Labute approximate surface area is 115 Å². The summed E-state index contributed by atoms with van der Waals surface area (Å²) >= 11 is 0. The molecule has 1 aromatic rings. The summed E-state index contributed by atoms with van der Waals surface area (Å²) in [6, 6.07) is 5.33. The van der Waals surface area contributed by atoms with E-state index < -0.39 is 5.97 Å². The van der Waals surface area contributed by atoms with E-state index in [1.54, 1.807) is 12.1 Å². The summed E-state index contributed by atoms with van der Waals surface area (Å²) in [5, 5.41) is 12.5. The molecule has 0 amide bonds. The highest BCUT2D eigenvalue weighted by Gasteiger charge is 2.20. The summed E-state index contributed by atoms with van der Waals surface area (Å²) in [7, 11) is 4.08. The molecule has 0 saturated carbocycles. The maximum Gasteiger partial charge on any atom is 0.337 e. The van der Waals surface area contributed by atoms with Crippen molar-refractivity contribution < 1.29 is 9.90 Å². The first kappa shape index (κ1) is 15.5. The minimum atomic E-state index is -0.892. The van der Waals surface area contributed by atoms with E-state index in [2.05, 4.69) is 24.1 Å². The van der Waals surface area contributed by atoms with Crippen LogP contribution in [0.2, 0.25) is 0 Å². The molecule has 0 radical (unpaired) electrons. The van der Waals surface area contributed by atoms with Gasteiger partial charge in [-0.1, -0.05) is 26.0 Å². The number of nitrogens with one attached hydrogen (secondary N) is 1. The number of carbonyl (C=O) groups is 1. The Morgan fingerprint density at radius 1 is 1.37 bits per heavy atom. The lowest BCUT2D eigenvalue weighted by Gasteiger charge is -2.29. The fraction of sp³-hybridized carbons (Fsp3) is 0.533. The number of aryl methyl sites for hydroxylation is 1. The van der Waals surface area contributed by atoms with Crippen LogP contribution in [0.1, 0.15) is 29.8 Å². The Hall–Kier alpha value is -1.55. The maximum atomic E-state index is 11.2. The Bertz CT molecular complexity index is 453. The van der Waals surface area contributed by atoms with Crippen molar-refractivity contribution in [1.29, 1.82) is 0 Å². The van der Waals surface area contributed by atoms with Gasteiger partial charge in [-0.3, -0.25) is 0 Å². The Kier molecular flexibility index (Phi) is 4.95. The van der Waals surface area contributed by atoms with E-state index in [1.807, 2.05) is 27.1 Å². The molecule has 2 N–H and O–H groups in total. The molecule has 0 unspecified atom stereocenters. The van der Waals surface area contributed by atoms with Gasteiger partial charge in [0.05, 0.1) is 11.3 Å². The molecule has 0 aromatic heterocycles. The number of benzene rings is 1. The number of anilines is 1. The van der Waals surface area contributed by atoms with Crippen LogP contribution in [0.15, 0.2) is 18.2 Å². The summed E-state index contributed by atoms with van der Waals surface area (Å²) in [4.78, 5) is 13.4. The summed E-state index contributed by atoms with van der Waals surface area (Å²) in [5.41, 5.74) is 2.09. The van der Waals surface area contributed by atoms with Gasteiger partial charge in [0.25, 0.3) is 0 Å². The van der Waals surface area contributed by atoms with Crippen LogP contribution in [0.5, 0.6) is 0 Å². The molecule has 1 rings (SSSR count). The average molecular weight is 264 g/mol. The topological polar surface area (TPSA) is 52.6 Å². The quantitative estimate of drug-likeness (QED) is 0.829. The van der Waals surface area contributed by atoms with E-state index >= 15 is 0 Å². The van der Waals surface area contributed by atoms with Crippen LogP contribution in [0, 0.1) is 12.3 Å². The average Bonchev–Trinajstić information content (AvgIpc) is 2.25. The summed E-state index contributed by atoms with van der Waals surface area (Å²) in [6.45, 7) is 7.93. The number of rotatable bonds is 6. The van der Waals surface area contributed by atoms with Crippen molar-refractivity contribution in [2.24, 2.45) is 5.41 Å². The van der Waals surface area contributed by atoms with Crippen LogP contribution in [0.4, 0.5) is 5.69 Å². The van der Waals surface area contributed by atoms with E-state index in [9.17, 15) is 9.90 Å². The predicted molar refractivity (Wildman–Crippen MR) is 79.0 cm³/mol. The molecule has 106 valence electrons. The first-order valence-corrected chi connectivity index (χ1v) is 6.44. The molecule has 0 atom stereocenters. The Morgan fingerprint density at radius 2 is 2.00 bits per heavy atom. The van der Waals surface area contributed by atoms with E-state index in [-0.39, 0.29) is 5.41 Å². The minimum Gasteiger partial charge on any atom is -0.478 e. The fourth-order valence-corrected chi connectivity index (χ4v) is 2.32. The van der Waals surface area contributed by atoms with Gasteiger partial charge in [-0.05, 0) is 38.1 Å². The molecule has 4 nitrogen and oxygen atoms in total. The van der Waals surface area contributed by atoms with Crippen molar-refractivity contribution >= 4 is 11.7 Å². The van der Waals surface area contributed by atoms with Crippen molar-refractivity contribution in [1.82, 2.24) is 4.90 Å². The summed E-state index contributed by atoms with van der Waals surface area (Å²) < 4.78 is 0. The van der Waals surface area contributed by atoms with Crippen LogP contribution in [0.3, 0.4) is 0 Å². The van der Waals surface area contributed by atoms with Crippen molar-refractivity contribution in [3.8, 4) is 0 Å². The van der Waals surface area contributed by atoms with E-state index in [0.29, 0.717) is 5.56 Å². The second-order valence-corrected chi connectivity index (χ2v) is 6.06. The normalized spacial score (nSPS) is 11.7. The van der Waals surface area contributed by atoms with Crippen LogP contribution in [-0.4, -0.2) is 43.2 Å². The van der Waals surface area contributed by atoms with Crippen molar-refractivity contribution in [3.63, 3.8) is 0 Å². The third-order valence-corrected chi connectivity index (χ3v) is 2.99. The highest BCUT2D eigenvalue weighted by Crippen LogP contribution is 2.23. The molecular weight excluding hydrogens is 240 g/mol. The lowest BCUT2D eigenvalue weighted by atomic mass is 9.92. The van der Waals surface area contributed by atoms with E-state index in [0.717, 1.165) is 24.3 Å². The van der Waals surface area contributed by atoms with Gasteiger partial charge < -0.3 is 15.3 Å². The fourth-order valence-electron chi connectivity index (χ4n) is 2.32. The predicted octanol–water partition coefficient (Wildman–Crippen LogP) is 2.69. The molecule has 0 fully saturated rings. The number of carboxylic acids is 1. The largest absolute Gasteiger partial charge is 0.478 e. The van der Waals surface area contributed by atoms with Crippen LogP contribution >= 0.6 is 0 Å². The first-order valence-electron chi connectivity index (χ1n) is 6.44. The number of hydrogen-bond acceptors (Lipinski definition) is 3. The van der Waals surface area contributed by atoms with E-state index in [1.165, 1.54) is 0 Å². The number of nitrogens with zero attached hydrogens (tertiary/aromatic N) is 1. The van der Waals surface area contributed by atoms with Gasteiger partial charge in [-0.25, -0.2) is 4.79 Å². The number of aromatic carboxylic acids is 1. The van der Waals surface area contributed by atoms with Gasteiger partial charge in [0.1, 0.15) is 0 Å². The Balaban J connectivity index is 2.86. The van der Waals surface area contributed by atoms with Gasteiger partial charge in [-0.15, -0.1) is 0 Å². The molecule has 0 aliphatic rings. The third-order valence-electron chi connectivity index (χ3n) is 2.99. The van der Waals surface area contributed by atoms with E-state index in [4.69, 9.17) is 0 Å². The number of hydrogen-bond donors (Lipinski definition) is 2. The second kappa shape index (κ2) is 6.06. The minimum absolute atomic E-state index is 0.0710. The molecule has 1 aromatic carbocycles. The molecule has 0 aliphatic heterocycles. The standard InChI is InChI=1S/C15H24N2O2/c1-11-7-6-8-12(14(18)19)13(11)16-9-15(2,3)10-17(4)5/h6-8,16H,9-10H2,1-5H3,(H,18,19). The van der Waals surface area contributed by atoms with Gasteiger partial charge in [0, 0.05) is 13.1 Å². The SMILES string of the molecule is Cc1cccc(C(=O)O)c1NCC(C)(C)CN(C)C. The highest BCUT2D eigenvalue weighted by molar-refractivity contribution is 5.95. The lowest BCUT2D eigenvalue weighted by Crippen LogP contribution is -2.34. The summed E-state index contributed by atoms with van der Waals surface area (Å²) in [5.74, 6) is -0.892. The molecule has 0 saturated heterocycles. The molecular formula is C15H24N2O2. The van der Waals surface area contributed by atoms with Crippen molar-refractivity contribution in [2.75, 3.05) is 32.5 Å². The molecule has 19 heavy (non-hydrogen) atoms. The molecule has 0 heterocycles. The molecule has 0 aliphatic carbocycles. The highest BCUT2D eigenvalue weighted by atomic mass is 16.4. The zero-order chi connectivity index (χ0) is 14.6. The second-order valence-electron chi connectivity index (χ2n) is 6.06. The zero-order valence-corrected chi connectivity index (χ0v) is 12.4. The van der Waals surface area contributed by atoms with Gasteiger partial charge >= 0.3 is 5.97 Å². The maximum absolute atomic E-state index is 11.2. The van der Waals surface area contributed by atoms with Crippen molar-refractivity contribution in [3.05, 3.63) is 29.3 Å². The van der Waals surface area contributed by atoms with Gasteiger partial charge in [0.2, 0.25) is 0 Å². The Morgan fingerprint density at radius 3 is 2.53 bits per heavy atom. The van der Waals surface area contributed by atoms with Gasteiger partial charge in [-0.2, -0.15) is 0 Å². The monoisotopic (exact) mass is 264 g/mol. The molecule has 0 spiro atoms. The zero-order valence-electron chi connectivity index (χ0n) is 12.4. The number of carboxylic acid groups (broad SMARTS) is 1. The summed E-state index contributed by atoms with van der Waals surface area (Å²) in [6.07, 6.45) is 0. The van der Waals surface area contributed by atoms with Gasteiger partial charge in [0.15, 0.2) is 0 Å². The molecule has 0 bridgehead atoms. The van der Waals surface area contributed by atoms with Crippen LogP contribution in [0.25, 0.3) is 0 Å². The van der Waals surface area contributed by atoms with Crippen LogP contribution < -0.4 is 5.32 Å². The third kappa shape index (κ3) is 4.56. The lowest BCUT2D eigenvalue weighted by molar-refractivity contribution is 0.0697. The van der Waals surface area contributed by atoms with Crippen LogP contribution in [-0.2, 0) is 0 Å².